The van der Waals surface area contributed by atoms with Crippen LogP contribution in [0.15, 0.2) is 34.4 Å². The van der Waals surface area contributed by atoms with Crippen LogP contribution in [0.3, 0.4) is 0 Å². The summed E-state index contributed by atoms with van der Waals surface area (Å²) in [5.41, 5.74) is 7.61. The number of hydrogen-bond acceptors (Lipinski definition) is 5. The Hall–Kier alpha value is -2.87. The lowest BCUT2D eigenvalue weighted by Gasteiger charge is -1.98. The Morgan fingerprint density at radius 1 is 1.45 bits per heavy atom. The van der Waals surface area contributed by atoms with E-state index in [1.165, 1.54) is 17.6 Å². The van der Waals surface area contributed by atoms with Crippen LogP contribution in [0.1, 0.15) is 26.6 Å². The summed E-state index contributed by atoms with van der Waals surface area (Å²) in [7, 11) is 0. The van der Waals surface area contributed by atoms with Crippen LogP contribution >= 0.6 is 11.3 Å². The van der Waals surface area contributed by atoms with Crippen LogP contribution in [0, 0.1) is 6.92 Å². The standard InChI is InChI=1S/C14H12N4O3S/c1-7-2-3-21-11(7)13(20)18-14-17-10(6-22-14)8-4-9(12(15)19)16-5-8/h2-6,16H,1H3,(H2,15,19)(H,17,18,20). The molecule has 7 nitrogen and oxygen atoms in total. The predicted octanol–water partition coefficient (Wildman–Crippen LogP) is 2.39. The van der Waals surface area contributed by atoms with Gasteiger partial charge in [0.25, 0.3) is 11.8 Å². The van der Waals surface area contributed by atoms with Crippen molar-refractivity contribution in [2.75, 3.05) is 5.32 Å². The summed E-state index contributed by atoms with van der Waals surface area (Å²) in [6.07, 6.45) is 3.10. The minimum absolute atomic E-state index is 0.259. The minimum atomic E-state index is -0.539. The first-order valence-electron chi connectivity index (χ1n) is 6.34. The second-order valence-electron chi connectivity index (χ2n) is 4.59. The normalized spacial score (nSPS) is 10.6. The van der Waals surface area contributed by atoms with Crippen molar-refractivity contribution < 1.29 is 14.0 Å². The Morgan fingerprint density at radius 3 is 2.91 bits per heavy atom. The zero-order valence-electron chi connectivity index (χ0n) is 11.5. The molecule has 0 bridgehead atoms. The lowest BCUT2D eigenvalue weighted by molar-refractivity contribution is 0.0988. The number of amides is 2. The van der Waals surface area contributed by atoms with Crippen LogP contribution < -0.4 is 11.1 Å². The summed E-state index contributed by atoms with van der Waals surface area (Å²) < 4.78 is 5.13. The Labute approximate surface area is 129 Å². The topological polar surface area (TPSA) is 114 Å². The van der Waals surface area contributed by atoms with Crippen molar-refractivity contribution in [2.45, 2.75) is 6.92 Å². The molecule has 0 aromatic carbocycles. The third-order valence-electron chi connectivity index (χ3n) is 3.04. The van der Waals surface area contributed by atoms with Gasteiger partial charge >= 0.3 is 0 Å². The number of primary amides is 1. The van der Waals surface area contributed by atoms with Gasteiger partial charge < -0.3 is 15.1 Å². The zero-order chi connectivity index (χ0) is 15.7. The number of nitrogens with two attached hydrogens (primary N) is 1. The van der Waals surface area contributed by atoms with Gasteiger partial charge in [0.05, 0.1) is 12.0 Å². The SMILES string of the molecule is Cc1ccoc1C(=O)Nc1nc(-c2c[nH]c(C(N)=O)c2)cs1. The van der Waals surface area contributed by atoms with E-state index in [1.807, 2.05) is 0 Å². The minimum Gasteiger partial charge on any atom is -0.459 e. The van der Waals surface area contributed by atoms with Gasteiger partial charge in [-0.25, -0.2) is 4.98 Å². The number of carbonyl (C=O) groups is 2. The molecule has 0 radical (unpaired) electrons. The van der Waals surface area contributed by atoms with Gasteiger partial charge in [-0.3, -0.25) is 14.9 Å². The molecular formula is C14H12N4O3S. The number of aromatic nitrogens is 2. The lowest BCUT2D eigenvalue weighted by Crippen LogP contribution is -2.11. The molecule has 0 fully saturated rings. The van der Waals surface area contributed by atoms with Crippen LogP contribution in [0.5, 0.6) is 0 Å². The number of carbonyl (C=O) groups excluding carboxylic acids is 2. The number of aryl methyl sites for hydroxylation is 1. The number of furan rings is 1. The molecule has 3 heterocycles. The van der Waals surface area contributed by atoms with Crippen LogP contribution in [0.25, 0.3) is 11.3 Å². The molecule has 0 saturated heterocycles. The monoisotopic (exact) mass is 316 g/mol. The smallest absolute Gasteiger partial charge is 0.293 e. The summed E-state index contributed by atoms with van der Waals surface area (Å²) in [5.74, 6) is -0.631. The van der Waals surface area contributed by atoms with Gasteiger partial charge in [-0.1, -0.05) is 0 Å². The maximum Gasteiger partial charge on any atom is 0.293 e. The van der Waals surface area contributed by atoms with Gasteiger partial charge in [0.15, 0.2) is 10.9 Å². The largest absolute Gasteiger partial charge is 0.459 e. The van der Waals surface area contributed by atoms with Crippen molar-refractivity contribution in [1.29, 1.82) is 0 Å². The molecule has 0 spiro atoms. The summed E-state index contributed by atoms with van der Waals surface area (Å²) in [4.78, 5) is 30.2. The van der Waals surface area contributed by atoms with E-state index >= 15 is 0 Å². The molecule has 0 saturated carbocycles. The van der Waals surface area contributed by atoms with Gasteiger partial charge in [0, 0.05) is 22.7 Å². The van der Waals surface area contributed by atoms with E-state index in [2.05, 4.69) is 15.3 Å². The van der Waals surface area contributed by atoms with Crippen molar-refractivity contribution >= 4 is 28.3 Å². The molecule has 8 heteroatoms. The number of thiazole rings is 1. The van der Waals surface area contributed by atoms with Crippen LogP contribution in [0.2, 0.25) is 0 Å². The first-order valence-corrected chi connectivity index (χ1v) is 7.22. The first-order chi connectivity index (χ1) is 10.5. The average molecular weight is 316 g/mol. The lowest BCUT2D eigenvalue weighted by atomic mass is 10.2. The number of nitrogens with zero attached hydrogens (tertiary/aromatic N) is 1. The number of nitrogens with one attached hydrogen (secondary N) is 2. The van der Waals surface area contributed by atoms with E-state index in [1.54, 1.807) is 30.6 Å². The number of rotatable bonds is 4. The fourth-order valence-corrected chi connectivity index (χ4v) is 2.62. The molecule has 3 rings (SSSR count). The molecule has 0 aliphatic rings. The van der Waals surface area contributed by atoms with Gasteiger partial charge in [-0.2, -0.15) is 0 Å². The number of H-pyrrole nitrogens is 1. The van der Waals surface area contributed by atoms with E-state index in [0.717, 1.165) is 11.1 Å². The fourth-order valence-electron chi connectivity index (χ4n) is 1.91. The summed E-state index contributed by atoms with van der Waals surface area (Å²) in [6.45, 7) is 1.79. The van der Waals surface area contributed by atoms with Gasteiger partial charge in [-0.05, 0) is 19.1 Å². The predicted molar refractivity (Wildman–Crippen MR) is 81.8 cm³/mol. The van der Waals surface area contributed by atoms with Crippen LogP contribution in [0.4, 0.5) is 5.13 Å². The second kappa shape index (κ2) is 5.49. The molecule has 22 heavy (non-hydrogen) atoms. The third-order valence-corrected chi connectivity index (χ3v) is 3.79. The van der Waals surface area contributed by atoms with E-state index in [0.29, 0.717) is 16.5 Å². The van der Waals surface area contributed by atoms with E-state index in [-0.39, 0.29) is 11.7 Å². The van der Waals surface area contributed by atoms with Crippen molar-refractivity contribution in [3.63, 3.8) is 0 Å². The van der Waals surface area contributed by atoms with Gasteiger partial charge in [0.1, 0.15) is 5.69 Å². The maximum absolute atomic E-state index is 12.0. The molecular weight excluding hydrogens is 304 g/mol. The molecule has 0 aliphatic carbocycles. The number of hydrogen-bond donors (Lipinski definition) is 3. The molecule has 112 valence electrons. The summed E-state index contributed by atoms with van der Waals surface area (Å²) >= 11 is 1.28. The molecule has 3 aromatic rings. The average Bonchev–Trinajstić information content (AvgIpc) is 3.16. The van der Waals surface area contributed by atoms with Crippen molar-refractivity contribution in [2.24, 2.45) is 5.73 Å². The Bertz CT molecular complexity index is 846. The van der Waals surface area contributed by atoms with Crippen molar-refractivity contribution in [3.8, 4) is 11.3 Å². The first kappa shape index (κ1) is 14.1. The molecule has 2 amide bonds. The van der Waals surface area contributed by atoms with Crippen molar-refractivity contribution in [3.05, 3.63) is 47.0 Å². The van der Waals surface area contributed by atoms with E-state index in [4.69, 9.17) is 10.2 Å². The highest BCUT2D eigenvalue weighted by Gasteiger charge is 2.15. The number of aromatic amines is 1. The highest BCUT2D eigenvalue weighted by Crippen LogP contribution is 2.26. The number of anilines is 1. The van der Waals surface area contributed by atoms with Crippen LogP contribution in [-0.4, -0.2) is 21.8 Å². The highest BCUT2D eigenvalue weighted by molar-refractivity contribution is 7.14. The van der Waals surface area contributed by atoms with E-state index < -0.39 is 5.91 Å². The Morgan fingerprint density at radius 2 is 2.27 bits per heavy atom. The second-order valence-corrected chi connectivity index (χ2v) is 5.45. The Kier molecular flexibility index (Phi) is 3.51. The summed E-state index contributed by atoms with van der Waals surface area (Å²) in [5, 5.41) is 4.90. The molecule has 3 aromatic heterocycles. The molecule has 0 unspecified atom stereocenters. The molecule has 0 aliphatic heterocycles. The fraction of sp³-hybridized carbons (Fsp3) is 0.0714. The zero-order valence-corrected chi connectivity index (χ0v) is 12.4. The highest BCUT2D eigenvalue weighted by atomic mass is 32.1. The molecule has 4 N–H and O–H groups in total. The molecule has 0 atom stereocenters. The Balaban J connectivity index is 1.77. The summed E-state index contributed by atoms with van der Waals surface area (Å²) in [6, 6.07) is 3.33. The van der Waals surface area contributed by atoms with E-state index in [9.17, 15) is 9.59 Å². The van der Waals surface area contributed by atoms with Crippen molar-refractivity contribution in [1.82, 2.24) is 9.97 Å². The third kappa shape index (κ3) is 2.63. The maximum atomic E-state index is 12.0. The van der Waals surface area contributed by atoms with Gasteiger partial charge in [-0.15, -0.1) is 11.3 Å². The quantitative estimate of drug-likeness (QED) is 0.685. The van der Waals surface area contributed by atoms with Gasteiger partial charge in [0.2, 0.25) is 0 Å². The van der Waals surface area contributed by atoms with Crippen LogP contribution in [-0.2, 0) is 0 Å².